The Hall–Kier alpha value is -0.820. The molecule has 1 unspecified atom stereocenters. The van der Waals surface area contributed by atoms with Gasteiger partial charge >= 0.3 is 0 Å². The van der Waals surface area contributed by atoms with Crippen LogP contribution < -0.4 is 0 Å². The fourth-order valence-corrected chi connectivity index (χ4v) is 1.76. The summed E-state index contributed by atoms with van der Waals surface area (Å²) in [7, 11) is 0. The lowest BCUT2D eigenvalue weighted by molar-refractivity contribution is 0.159. The maximum atomic E-state index is 9.91. The van der Waals surface area contributed by atoms with Gasteiger partial charge < -0.3 is 5.11 Å². The minimum Gasteiger partial charge on any atom is -0.388 e. The molecule has 1 fully saturated rings. The molecule has 1 aromatic carbocycles. The van der Waals surface area contributed by atoms with Crippen molar-refractivity contribution in [2.24, 2.45) is 5.92 Å². The maximum Gasteiger partial charge on any atom is 0.0795 e. The van der Waals surface area contributed by atoms with Crippen LogP contribution in [0.15, 0.2) is 24.3 Å². The molecule has 0 aliphatic heterocycles. The summed E-state index contributed by atoms with van der Waals surface area (Å²) in [5.74, 6) is 0.787. The molecular weight excluding hydrogens is 160 g/mol. The van der Waals surface area contributed by atoms with Crippen LogP contribution in [0.5, 0.6) is 0 Å². The van der Waals surface area contributed by atoms with E-state index in [-0.39, 0.29) is 6.10 Å². The van der Waals surface area contributed by atoms with Crippen molar-refractivity contribution in [2.75, 3.05) is 0 Å². The number of benzene rings is 1. The fourth-order valence-electron chi connectivity index (χ4n) is 1.76. The number of aliphatic hydroxyl groups is 1. The molecule has 1 aromatic rings. The van der Waals surface area contributed by atoms with Crippen molar-refractivity contribution >= 4 is 0 Å². The molecular formula is C12H16O. The highest BCUT2D eigenvalue weighted by Crippen LogP contribution is 2.37. The van der Waals surface area contributed by atoms with Crippen LogP contribution in [0, 0.1) is 12.8 Å². The summed E-state index contributed by atoms with van der Waals surface area (Å²) >= 11 is 0. The lowest BCUT2D eigenvalue weighted by atomic mass is 10.00. The zero-order valence-electron chi connectivity index (χ0n) is 8.03. The lowest BCUT2D eigenvalue weighted by Gasteiger charge is -2.12. The molecule has 2 rings (SSSR count). The molecule has 1 aliphatic carbocycles. The maximum absolute atomic E-state index is 9.91. The van der Waals surface area contributed by atoms with Crippen LogP contribution in [-0.2, 0) is 0 Å². The van der Waals surface area contributed by atoms with Crippen LogP contribution in [-0.4, -0.2) is 5.11 Å². The van der Waals surface area contributed by atoms with Crippen molar-refractivity contribution in [2.45, 2.75) is 32.3 Å². The second kappa shape index (κ2) is 3.51. The van der Waals surface area contributed by atoms with Crippen molar-refractivity contribution in [1.29, 1.82) is 0 Å². The smallest absolute Gasteiger partial charge is 0.0795 e. The molecule has 0 heterocycles. The van der Waals surface area contributed by atoms with E-state index in [9.17, 15) is 5.11 Å². The Morgan fingerprint density at radius 1 is 1.38 bits per heavy atom. The van der Waals surface area contributed by atoms with Gasteiger partial charge in [0.2, 0.25) is 0 Å². The molecule has 0 radical (unpaired) electrons. The van der Waals surface area contributed by atoms with Crippen LogP contribution >= 0.6 is 0 Å². The SMILES string of the molecule is Cc1ccccc1C(O)CC1CC1. The molecule has 0 saturated heterocycles. The normalized spacial score (nSPS) is 18.6. The highest BCUT2D eigenvalue weighted by molar-refractivity contribution is 5.27. The first kappa shape index (κ1) is 8.76. The average Bonchev–Trinajstić information content (AvgIpc) is 2.89. The molecule has 1 atom stereocenters. The van der Waals surface area contributed by atoms with Crippen molar-refractivity contribution in [3.05, 3.63) is 35.4 Å². The number of hydrogen-bond acceptors (Lipinski definition) is 1. The van der Waals surface area contributed by atoms with E-state index in [1.807, 2.05) is 18.2 Å². The average molecular weight is 176 g/mol. The largest absolute Gasteiger partial charge is 0.388 e. The summed E-state index contributed by atoms with van der Waals surface area (Å²) in [5.41, 5.74) is 2.31. The van der Waals surface area contributed by atoms with E-state index in [1.54, 1.807) is 0 Å². The quantitative estimate of drug-likeness (QED) is 0.750. The van der Waals surface area contributed by atoms with E-state index in [4.69, 9.17) is 0 Å². The van der Waals surface area contributed by atoms with Crippen LogP contribution in [0.4, 0.5) is 0 Å². The van der Waals surface area contributed by atoms with E-state index in [2.05, 4.69) is 13.0 Å². The predicted octanol–water partition coefficient (Wildman–Crippen LogP) is 2.83. The monoisotopic (exact) mass is 176 g/mol. The van der Waals surface area contributed by atoms with Gasteiger partial charge in [-0.25, -0.2) is 0 Å². The van der Waals surface area contributed by atoms with E-state index in [0.29, 0.717) is 0 Å². The van der Waals surface area contributed by atoms with Crippen molar-refractivity contribution in [3.8, 4) is 0 Å². The Morgan fingerprint density at radius 2 is 2.08 bits per heavy atom. The third-order valence-corrected chi connectivity index (χ3v) is 2.80. The van der Waals surface area contributed by atoms with Gasteiger partial charge in [0.05, 0.1) is 6.10 Å². The van der Waals surface area contributed by atoms with Gasteiger partial charge in [-0.3, -0.25) is 0 Å². The van der Waals surface area contributed by atoms with Gasteiger partial charge in [-0.15, -0.1) is 0 Å². The fraction of sp³-hybridized carbons (Fsp3) is 0.500. The summed E-state index contributed by atoms with van der Waals surface area (Å²) in [6, 6.07) is 8.11. The molecule has 1 saturated carbocycles. The first-order chi connectivity index (χ1) is 6.27. The van der Waals surface area contributed by atoms with Gasteiger partial charge in [-0.05, 0) is 30.4 Å². The molecule has 13 heavy (non-hydrogen) atoms. The van der Waals surface area contributed by atoms with Gasteiger partial charge in [0.25, 0.3) is 0 Å². The molecule has 70 valence electrons. The molecule has 1 N–H and O–H groups in total. The van der Waals surface area contributed by atoms with Crippen molar-refractivity contribution in [1.82, 2.24) is 0 Å². The molecule has 0 bridgehead atoms. The first-order valence-corrected chi connectivity index (χ1v) is 5.01. The van der Waals surface area contributed by atoms with E-state index >= 15 is 0 Å². The molecule has 0 spiro atoms. The van der Waals surface area contributed by atoms with Crippen LogP contribution in [0.25, 0.3) is 0 Å². The third kappa shape index (κ3) is 2.10. The topological polar surface area (TPSA) is 20.2 Å². The van der Waals surface area contributed by atoms with E-state index in [0.717, 1.165) is 17.9 Å². The number of aryl methyl sites for hydroxylation is 1. The lowest BCUT2D eigenvalue weighted by Crippen LogP contribution is -2.00. The number of hydrogen-bond donors (Lipinski definition) is 1. The Morgan fingerprint density at radius 3 is 2.69 bits per heavy atom. The Balaban J connectivity index is 2.09. The Labute approximate surface area is 79.4 Å². The number of aliphatic hydroxyl groups excluding tert-OH is 1. The molecule has 1 aliphatic rings. The molecule has 0 amide bonds. The molecule has 0 aromatic heterocycles. The van der Waals surface area contributed by atoms with E-state index < -0.39 is 0 Å². The summed E-state index contributed by atoms with van der Waals surface area (Å²) < 4.78 is 0. The standard InChI is InChI=1S/C12H16O/c1-9-4-2-3-5-11(9)12(13)8-10-6-7-10/h2-5,10,12-13H,6-8H2,1H3. The van der Waals surface area contributed by atoms with Gasteiger partial charge in [-0.1, -0.05) is 37.1 Å². The summed E-state index contributed by atoms with van der Waals surface area (Å²) in [6.45, 7) is 2.06. The van der Waals surface area contributed by atoms with Gasteiger partial charge in [0.1, 0.15) is 0 Å². The highest BCUT2D eigenvalue weighted by atomic mass is 16.3. The summed E-state index contributed by atoms with van der Waals surface area (Å²) in [5, 5.41) is 9.91. The second-order valence-electron chi connectivity index (χ2n) is 4.05. The third-order valence-electron chi connectivity index (χ3n) is 2.80. The highest BCUT2D eigenvalue weighted by Gasteiger charge is 2.25. The zero-order valence-corrected chi connectivity index (χ0v) is 8.03. The first-order valence-electron chi connectivity index (χ1n) is 5.01. The van der Waals surface area contributed by atoms with Crippen molar-refractivity contribution < 1.29 is 5.11 Å². The van der Waals surface area contributed by atoms with Crippen LogP contribution in [0.1, 0.15) is 36.5 Å². The van der Waals surface area contributed by atoms with Crippen LogP contribution in [0.2, 0.25) is 0 Å². The van der Waals surface area contributed by atoms with Gasteiger partial charge in [-0.2, -0.15) is 0 Å². The molecule has 1 heteroatoms. The molecule has 1 nitrogen and oxygen atoms in total. The van der Waals surface area contributed by atoms with Gasteiger partial charge in [0.15, 0.2) is 0 Å². The number of rotatable bonds is 3. The minimum atomic E-state index is -0.242. The Kier molecular flexibility index (Phi) is 2.36. The van der Waals surface area contributed by atoms with Crippen LogP contribution in [0.3, 0.4) is 0 Å². The Bertz CT molecular complexity index is 289. The van der Waals surface area contributed by atoms with Crippen molar-refractivity contribution in [3.63, 3.8) is 0 Å². The summed E-state index contributed by atoms with van der Waals surface area (Å²) in [6.07, 6.45) is 3.32. The predicted molar refractivity (Wildman–Crippen MR) is 53.5 cm³/mol. The van der Waals surface area contributed by atoms with E-state index in [1.165, 1.54) is 18.4 Å². The second-order valence-corrected chi connectivity index (χ2v) is 4.05. The summed E-state index contributed by atoms with van der Waals surface area (Å²) in [4.78, 5) is 0. The van der Waals surface area contributed by atoms with Gasteiger partial charge in [0, 0.05) is 0 Å². The zero-order chi connectivity index (χ0) is 9.26. The minimum absolute atomic E-state index is 0.242.